The average Bonchev–Trinajstić information content (AvgIpc) is 2.26. The van der Waals surface area contributed by atoms with E-state index in [0.717, 1.165) is 22.5 Å². The molecule has 92 valence electrons. The maximum Gasteiger partial charge on any atom is 0.272 e. The molecule has 0 aliphatic rings. The van der Waals surface area contributed by atoms with Gasteiger partial charge in [0.1, 0.15) is 0 Å². The van der Waals surface area contributed by atoms with Crippen LogP contribution in [-0.4, -0.2) is 9.91 Å². The first kappa shape index (κ1) is 12.2. The van der Waals surface area contributed by atoms with Gasteiger partial charge in [0.15, 0.2) is 0 Å². The zero-order valence-electron chi connectivity index (χ0n) is 10.6. The van der Waals surface area contributed by atoms with Gasteiger partial charge >= 0.3 is 0 Å². The number of rotatable bonds is 2. The van der Waals surface area contributed by atoms with Crippen LogP contribution >= 0.6 is 0 Å². The maximum atomic E-state index is 10.8. The van der Waals surface area contributed by atoms with Gasteiger partial charge in [-0.1, -0.05) is 0 Å². The molecule has 0 bridgehead atoms. The lowest BCUT2D eigenvalue weighted by Crippen LogP contribution is -1.93. The summed E-state index contributed by atoms with van der Waals surface area (Å²) in [5, 5.41) is 10.8. The lowest BCUT2D eigenvalue weighted by Gasteiger charge is -2.05. The molecular formula is C14H14N2O2. The van der Waals surface area contributed by atoms with E-state index in [1.807, 2.05) is 26.0 Å². The molecule has 0 spiro atoms. The summed E-state index contributed by atoms with van der Waals surface area (Å²) in [5.74, 6) is 0. The predicted molar refractivity (Wildman–Crippen MR) is 70.5 cm³/mol. The lowest BCUT2D eigenvalue weighted by atomic mass is 10.1. The zero-order chi connectivity index (χ0) is 13.3. The van der Waals surface area contributed by atoms with Gasteiger partial charge in [-0.25, -0.2) is 0 Å². The van der Waals surface area contributed by atoms with Gasteiger partial charge in [-0.3, -0.25) is 15.1 Å². The van der Waals surface area contributed by atoms with Crippen LogP contribution < -0.4 is 0 Å². The summed E-state index contributed by atoms with van der Waals surface area (Å²) in [6.45, 7) is 5.69. The second kappa shape index (κ2) is 4.56. The fourth-order valence-electron chi connectivity index (χ4n) is 2.01. The van der Waals surface area contributed by atoms with Gasteiger partial charge in [-0.05, 0) is 50.6 Å². The van der Waals surface area contributed by atoms with E-state index in [9.17, 15) is 10.1 Å². The van der Waals surface area contributed by atoms with E-state index in [2.05, 4.69) is 4.98 Å². The Balaban J connectivity index is 2.52. The van der Waals surface area contributed by atoms with Crippen LogP contribution in [0.25, 0.3) is 11.3 Å². The van der Waals surface area contributed by atoms with Crippen molar-refractivity contribution in [3.8, 4) is 11.3 Å². The minimum Gasteiger partial charge on any atom is -0.258 e. The van der Waals surface area contributed by atoms with Gasteiger partial charge in [0.25, 0.3) is 5.69 Å². The van der Waals surface area contributed by atoms with Gasteiger partial charge in [0.2, 0.25) is 0 Å². The topological polar surface area (TPSA) is 56.0 Å². The molecule has 2 rings (SSSR count). The molecule has 1 aromatic heterocycles. The van der Waals surface area contributed by atoms with Gasteiger partial charge < -0.3 is 0 Å². The normalized spacial score (nSPS) is 10.4. The molecule has 0 aliphatic carbocycles. The Hall–Kier alpha value is -2.23. The third kappa shape index (κ3) is 2.37. The summed E-state index contributed by atoms with van der Waals surface area (Å²) in [6.07, 6.45) is 0. The summed E-state index contributed by atoms with van der Waals surface area (Å²) in [4.78, 5) is 14.9. The smallest absolute Gasteiger partial charge is 0.258 e. The molecule has 1 heterocycles. The number of aromatic nitrogens is 1. The van der Waals surface area contributed by atoms with Crippen LogP contribution in [0.2, 0.25) is 0 Å². The quantitative estimate of drug-likeness (QED) is 0.597. The van der Waals surface area contributed by atoms with Crippen molar-refractivity contribution in [1.29, 1.82) is 0 Å². The van der Waals surface area contributed by atoms with Crippen molar-refractivity contribution < 1.29 is 4.92 Å². The van der Waals surface area contributed by atoms with Crippen LogP contribution in [0.5, 0.6) is 0 Å². The first-order chi connectivity index (χ1) is 8.47. The molecule has 0 unspecified atom stereocenters. The fraction of sp³-hybridized carbons (Fsp3) is 0.214. The molecular weight excluding hydrogens is 228 g/mol. The average molecular weight is 242 g/mol. The molecule has 0 saturated heterocycles. The van der Waals surface area contributed by atoms with Crippen molar-refractivity contribution >= 4 is 5.69 Å². The van der Waals surface area contributed by atoms with E-state index in [1.54, 1.807) is 19.1 Å². The van der Waals surface area contributed by atoms with Crippen molar-refractivity contribution in [3.05, 3.63) is 57.3 Å². The molecule has 0 aliphatic heterocycles. The Bertz CT molecular complexity index is 601. The molecule has 0 amide bonds. The van der Waals surface area contributed by atoms with Crippen LogP contribution in [0.4, 0.5) is 5.69 Å². The summed E-state index contributed by atoms with van der Waals surface area (Å²) in [5.41, 5.74) is 4.63. The van der Waals surface area contributed by atoms with Crippen molar-refractivity contribution in [3.63, 3.8) is 0 Å². The highest BCUT2D eigenvalue weighted by Gasteiger charge is 2.11. The SMILES string of the molecule is Cc1cc(C)nc(-c2ccc([N+](=O)[O-])c(C)c2)c1. The Morgan fingerprint density at radius 3 is 2.39 bits per heavy atom. The highest BCUT2D eigenvalue weighted by molar-refractivity contribution is 5.63. The fourth-order valence-corrected chi connectivity index (χ4v) is 2.01. The van der Waals surface area contributed by atoms with Crippen LogP contribution in [0, 0.1) is 30.9 Å². The van der Waals surface area contributed by atoms with Crippen LogP contribution in [0.3, 0.4) is 0 Å². The van der Waals surface area contributed by atoms with E-state index >= 15 is 0 Å². The van der Waals surface area contributed by atoms with E-state index in [4.69, 9.17) is 0 Å². The Kier molecular flexibility index (Phi) is 3.10. The van der Waals surface area contributed by atoms with Gasteiger partial charge in [0, 0.05) is 22.9 Å². The zero-order valence-corrected chi connectivity index (χ0v) is 10.6. The molecule has 0 saturated carbocycles. The van der Waals surface area contributed by atoms with Crippen molar-refractivity contribution in [1.82, 2.24) is 4.98 Å². The van der Waals surface area contributed by atoms with Crippen LogP contribution in [0.15, 0.2) is 30.3 Å². The summed E-state index contributed by atoms with van der Waals surface area (Å²) in [7, 11) is 0. The minimum atomic E-state index is -0.367. The second-order valence-electron chi connectivity index (χ2n) is 4.43. The molecule has 1 aromatic carbocycles. The van der Waals surface area contributed by atoms with Crippen molar-refractivity contribution in [2.24, 2.45) is 0 Å². The van der Waals surface area contributed by atoms with Crippen LogP contribution in [0.1, 0.15) is 16.8 Å². The number of nitro benzene ring substituents is 1. The minimum absolute atomic E-state index is 0.142. The summed E-state index contributed by atoms with van der Waals surface area (Å²) < 4.78 is 0. The lowest BCUT2D eigenvalue weighted by molar-refractivity contribution is -0.385. The highest BCUT2D eigenvalue weighted by Crippen LogP contribution is 2.25. The molecule has 4 heteroatoms. The second-order valence-corrected chi connectivity index (χ2v) is 4.43. The molecule has 0 N–H and O–H groups in total. The predicted octanol–water partition coefficient (Wildman–Crippen LogP) is 3.58. The van der Waals surface area contributed by atoms with E-state index in [1.165, 1.54) is 6.07 Å². The van der Waals surface area contributed by atoms with Crippen LogP contribution in [-0.2, 0) is 0 Å². The molecule has 18 heavy (non-hydrogen) atoms. The van der Waals surface area contributed by atoms with E-state index < -0.39 is 0 Å². The third-order valence-electron chi connectivity index (χ3n) is 2.79. The van der Waals surface area contributed by atoms with Crippen molar-refractivity contribution in [2.75, 3.05) is 0 Å². The number of nitrogens with zero attached hydrogens (tertiary/aromatic N) is 2. The first-order valence-electron chi connectivity index (χ1n) is 5.68. The van der Waals surface area contributed by atoms with Gasteiger partial charge in [0.05, 0.1) is 10.6 Å². The number of hydrogen-bond donors (Lipinski definition) is 0. The highest BCUT2D eigenvalue weighted by atomic mass is 16.6. The van der Waals surface area contributed by atoms with Gasteiger partial charge in [-0.15, -0.1) is 0 Å². The molecule has 0 atom stereocenters. The van der Waals surface area contributed by atoms with E-state index in [-0.39, 0.29) is 10.6 Å². The van der Waals surface area contributed by atoms with Gasteiger partial charge in [-0.2, -0.15) is 0 Å². The number of hydrogen-bond acceptors (Lipinski definition) is 3. The Morgan fingerprint density at radius 1 is 1.11 bits per heavy atom. The molecule has 0 fully saturated rings. The Labute approximate surface area is 105 Å². The van der Waals surface area contributed by atoms with Crippen molar-refractivity contribution in [2.45, 2.75) is 20.8 Å². The summed E-state index contributed by atoms with van der Waals surface area (Å²) in [6, 6.07) is 9.06. The first-order valence-corrected chi connectivity index (χ1v) is 5.68. The molecule has 4 nitrogen and oxygen atoms in total. The monoisotopic (exact) mass is 242 g/mol. The largest absolute Gasteiger partial charge is 0.272 e. The number of benzene rings is 1. The summed E-state index contributed by atoms with van der Waals surface area (Å²) >= 11 is 0. The standard InChI is InChI=1S/C14H14N2O2/c1-9-6-11(3)15-13(7-9)12-4-5-14(16(17)18)10(2)8-12/h4-8H,1-3H3. The number of nitro groups is 1. The number of aryl methyl sites for hydroxylation is 3. The van der Waals surface area contributed by atoms with E-state index in [0.29, 0.717) is 5.56 Å². The molecule has 0 radical (unpaired) electrons. The maximum absolute atomic E-state index is 10.8. The third-order valence-corrected chi connectivity index (χ3v) is 2.79. The Morgan fingerprint density at radius 2 is 1.83 bits per heavy atom. The molecule has 2 aromatic rings. The number of pyridine rings is 1.